The van der Waals surface area contributed by atoms with Crippen LogP contribution >= 0.6 is 0 Å². The van der Waals surface area contributed by atoms with Crippen molar-refractivity contribution in [1.82, 2.24) is 0 Å². The molecule has 1 atom stereocenters. The first-order valence-electron chi connectivity index (χ1n) is 4.18. The highest BCUT2D eigenvalue weighted by atomic mass is 16.6. The Kier molecular flexibility index (Phi) is 4.69. The molecule has 0 saturated carbocycles. The van der Waals surface area contributed by atoms with Gasteiger partial charge in [-0.3, -0.25) is 14.9 Å². The SMILES string of the molecule is COC(=O)CCC(C)(C(=O)OC)[N+](=O)[O-]. The van der Waals surface area contributed by atoms with E-state index in [1.54, 1.807) is 0 Å². The lowest BCUT2D eigenvalue weighted by atomic mass is 9.97. The number of hydrogen-bond acceptors (Lipinski definition) is 6. The molecule has 7 nitrogen and oxygen atoms in total. The van der Waals surface area contributed by atoms with Crippen LogP contribution < -0.4 is 0 Å². The quantitative estimate of drug-likeness (QED) is 0.371. The summed E-state index contributed by atoms with van der Waals surface area (Å²) in [7, 11) is 2.23. The van der Waals surface area contributed by atoms with Gasteiger partial charge in [0, 0.05) is 18.3 Å². The van der Waals surface area contributed by atoms with Gasteiger partial charge in [0.25, 0.3) is 0 Å². The van der Waals surface area contributed by atoms with Crippen LogP contribution in [0.5, 0.6) is 0 Å². The molecule has 0 fully saturated rings. The van der Waals surface area contributed by atoms with E-state index in [0.717, 1.165) is 14.0 Å². The number of ether oxygens (including phenoxy) is 2. The van der Waals surface area contributed by atoms with Crippen LogP contribution in [0.2, 0.25) is 0 Å². The molecule has 0 rings (SSSR count). The Morgan fingerprint density at radius 2 is 1.87 bits per heavy atom. The molecule has 0 aromatic carbocycles. The van der Waals surface area contributed by atoms with Crippen LogP contribution in [0.1, 0.15) is 19.8 Å². The minimum Gasteiger partial charge on any atom is -0.469 e. The van der Waals surface area contributed by atoms with Crippen LogP contribution in [0.4, 0.5) is 0 Å². The second-order valence-electron chi connectivity index (χ2n) is 3.10. The average molecular weight is 219 g/mol. The Morgan fingerprint density at radius 3 is 2.20 bits per heavy atom. The fraction of sp³-hybridized carbons (Fsp3) is 0.750. The number of methoxy groups -OCH3 is 2. The van der Waals surface area contributed by atoms with E-state index >= 15 is 0 Å². The second-order valence-corrected chi connectivity index (χ2v) is 3.10. The normalized spacial score (nSPS) is 13.8. The van der Waals surface area contributed by atoms with Crippen LogP contribution in [-0.4, -0.2) is 36.6 Å². The molecule has 0 heterocycles. The molecular formula is C8H13NO6. The van der Waals surface area contributed by atoms with Gasteiger partial charge in [-0.05, 0) is 0 Å². The van der Waals surface area contributed by atoms with Crippen molar-refractivity contribution in [2.24, 2.45) is 0 Å². The van der Waals surface area contributed by atoms with E-state index in [2.05, 4.69) is 9.47 Å². The predicted molar refractivity (Wildman–Crippen MR) is 48.7 cm³/mol. The van der Waals surface area contributed by atoms with Crippen LogP contribution in [0.25, 0.3) is 0 Å². The molecule has 15 heavy (non-hydrogen) atoms. The summed E-state index contributed by atoms with van der Waals surface area (Å²) in [5.41, 5.74) is -1.90. The lowest BCUT2D eigenvalue weighted by molar-refractivity contribution is -0.551. The summed E-state index contributed by atoms with van der Waals surface area (Å²) in [6, 6.07) is 0. The number of esters is 2. The summed E-state index contributed by atoms with van der Waals surface area (Å²) in [5.74, 6) is -1.58. The average Bonchev–Trinajstić information content (AvgIpc) is 2.23. The van der Waals surface area contributed by atoms with Gasteiger partial charge in [-0.2, -0.15) is 0 Å². The molecule has 0 aromatic rings. The highest BCUT2D eigenvalue weighted by Gasteiger charge is 2.47. The van der Waals surface area contributed by atoms with E-state index in [1.165, 1.54) is 7.11 Å². The maximum absolute atomic E-state index is 11.2. The number of carbonyl (C=O) groups is 2. The van der Waals surface area contributed by atoms with Gasteiger partial charge in [0.1, 0.15) is 0 Å². The third-order valence-corrected chi connectivity index (χ3v) is 2.07. The Bertz CT molecular complexity index is 276. The topological polar surface area (TPSA) is 95.7 Å². The van der Waals surface area contributed by atoms with Crippen LogP contribution in [0.15, 0.2) is 0 Å². The van der Waals surface area contributed by atoms with Gasteiger partial charge in [0.2, 0.25) is 0 Å². The van der Waals surface area contributed by atoms with Crippen molar-refractivity contribution >= 4 is 11.9 Å². The van der Waals surface area contributed by atoms with E-state index in [-0.39, 0.29) is 12.8 Å². The first-order valence-corrected chi connectivity index (χ1v) is 4.18. The van der Waals surface area contributed by atoms with E-state index in [9.17, 15) is 19.7 Å². The second kappa shape index (κ2) is 5.28. The summed E-state index contributed by atoms with van der Waals surface area (Å²) in [4.78, 5) is 31.9. The summed E-state index contributed by atoms with van der Waals surface area (Å²) < 4.78 is 8.63. The van der Waals surface area contributed by atoms with Crippen LogP contribution in [0.3, 0.4) is 0 Å². The summed E-state index contributed by atoms with van der Waals surface area (Å²) in [5, 5.41) is 10.7. The van der Waals surface area contributed by atoms with Gasteiger partial charge >= 0.3 is 17.5 Å². The summed E-state index contributed by atoms with van der Waals surface area (Å²) in [6.07, 6.45) is -0.456. The van der Waals surface area contributed by atoms with Crippen LogP contribution in [0, 0.1) is 10.1 Å². The van der Waals surface area contributed by atoms with E-state index in [1.807, 2.05) is 0 Å². The number of rotatable bonds is 5. The number of nitrogens with zero attached hydrogens (tertiary/aromatic N) is 1. The molecule has 0 saturated heterocycles. The Hall–Kier alpha value is -1.66. The molecule has 0 aliphatic rings. The monoisotopic (exact) mass is 219 g/mol. The number of carbonyl (C=O) groups excluding carboxylic acids is 2. The number of hydrogen-bond donors (Lipinski definition) is 0. The van der Waals surface area contributed by atoms with Crippen molar-refractivity contribution < 1.29 is 24.0 Å². The molecule has 0 N–H and O–H groups in total. The minimum atomic E-state index is -1.90. The maximum Gasteiger partial charge on any atom is 0.384 e. The minimum absolute atomic E-state index is 0.205. The van der Waals surface area contributed by atoms with Crippen LogP contribution in [-0.2, 0) is 19.1 Å². The largest absolute Gasteiger partial charge is 0.469 e. The molecule has 0 aliphatic heterocycles. The molecule has 7 heteroatoms. The molecule has 0 aliphatic carbocycles. The molecule has 0 aromatic heterocycles. The molecule has 86 valence electrons. The molecular weight excluding hydrogens is 206 g/mol. The maximum atomic E-state index is 11.2. The lowest BCUT2D eigenvalue weighted by Crippen LogP contribution is -2.44. The Morgan fingerprint density at radius 1 is 1.33 bits per heavy atom. The standard InChI is InChI=1S/C8H13NO6/c1-8(9(12)13,7(11)15-3)5-4-6(10)14-2/h4-5H2,1-3H3. The van der Waals surface area contributed by atoms with Gasteiger partial charge in [-0.25, -0.2) is 4.79 Å². The van der Waals surface area contributed by atoms with Crippen molar-refractivity contribution in [1.29, 1.82) is 0 Å². The van der Waals surface area contributed by atoms with Crippen molar-refractivity contribution in [3.05, 3.63) is 10.1 Å². The Labute approximate surface area is 86.5 Å². The third kappa shape index (κ3) is 3.19. The van der Waals surface area contributed by atoms with Gasteiger partial charge in [-0.1, -0.05) is 0 Å². The zero-order valence-corrected chi connectivity index (χ0v) is 8.81. The summed E-state index contributed by atoms with van der Waals surface area (Å²) >= 11 is 0. The first kappa shape index (κ1) is 13.3. The highest BCUT2D eigenvalue weighted by molar-refractivity contribution is 5.79. The smallest absolute Gasteiger partial charge is 0.384 e. The zero-order chi connectivity index (χ0) is 12.1. The van der Waals surface area contributed by atoms with Crippen molar-refractivity contribution in [3.8, 4) is 0 Å². The molecule has 0 spiro atoms. The Balaban J connectivity index is 4.60. The lowest BCUT2D eigenvalue weighted by Gasteiger charge is -2.17. The van der Waals surface area contributed by atoms with E-state index in [4.69, 9.17) is 0 Å². The molecule has 0 amide bonds. The van der Waals surface area contributed by atoms with Crippen molar-refractivity contribution in [2.75, 3.05) is 14.2 Å². The molecule has 1 unspecified atom stereocenters. The molecule has 0 bridgehead atoms. The van der Waals surface area contributed by atoms with E-state index in [0.29, 0.717) is 0 Å². The van der Waals surface area contributed by atoms with Gasteiger partial charge in [0.15, 0.2) is 0 Å². The molecule has 0 radical (unpaired) electrons. The van der Waals surface area contributed by atoms with Crippen molar-refractivity contribution in [2.45, 2.75) is 25.3 Å². The highest BCUT2D eigenvalue weighted by Crippen LogP contribution is 2.18. The summed E-state index contributed by atoms with van der Waals surface area (Å²) in [6.45, 7) is 1.11. The predicted octanol–water partition coefficient (Wildman–Crippen LogP) is 0.148. The van der Waals surface area contributed by atoms with E-state index < -0.39 is 22.4 Å². The van der Waals surface area contributed by atoms with Gasteiger partial charge in [-0.15, -0.1) is 0 Å². The number of nitro groups is 1. The first-order chi connectivity index (χ1) is 6.88. The fourth-order valence-corrected chi connectivity index (χ4v) is 0.935. The fourth-order valence-electron chi connectivity index (χ4n) is 0.935. The van der Waals surface area contributed by atoms with Gasteiger partial charge < -0.3 is 9.47 Å². The van der Waals surface area contributed by atoms with Gasteiger partial charge in [0.05, 0.1) is 20.6 Å². The zero-order valence-electron chi connectivity index (χ0n) is 8.81. The third-order valence-electron chi connectivity index (χ3n) is 2.07. The van der Waals surface area contributed by atoms with Crippen molar-refractivity contribution in [3.63, 3.8) is 0 Å².